The molecule has 0 saturated carbocycles. The van der Waals surface area contributed by atoms with Crippen LogP contribution in [-0.4, -0.2) is 71.3 Å². The van der Waals surface area contributed by atoms with Crippen molar-refractivity contribution in [3.05, 3.63) is 53.1 Å². The fraction of sp³-hybridized carbons (Fsp3) is 0.480. The van der Waals surface area contributed by atoms with Gasteiger partial charge < -0.3 is 24.4 Å². The van der Waals surface area contributed by atoms with Crippen LogP contribution in [0.4, 0.5) is 5.69 Å². The van der Waals surface area contributed by atoms with E-state index in [2.05, 4.69) is 0 Å². The molecule has 8 nitrogen and oxygen atoms in total. The Labute approximate surface area is 202 Å². The molecule has 2 fully saturated rings. The molecule has 2 amide bonds. The zero-order valence-corrected chi connectivity index (χ0v) is 19.8. The normalized spacial score (nSPS) is 34.8. The standard InChI is InChI=1S/C25H27ClN2O6/c1-15-7-5-8-16(26)19(15)27-11-6-10-25-17(21(30)28(12-13-29)20(25)22(27)31)18-23(32)33-14-4-3-9-24(18,2)34-25/h3,5-10,17-18,20,29H,4,11-14H2,1-2H3/t17-,18-,20?,24+,25-/m0/s1. The highest BCUT2D eigenvalue weighted by atomic mass is 35.5. The number of benzene rings is 1. The topological polar surface area (TPSA) is 96.4 Å². The van der Waals surface area contributed by atoms with Crippen LogP contribution in [0.5, 0.6) is 0 Å². The van der Waals surface area contributed by atoms with E-state index in [1.807, 2.05) is 31.2 Å². The van der Waals surface area contributed by atoms with Gasteiger partial charge in [-0.25, -0.2) is 0 Å². The number of amides is 2. The number of carbonyl (C=O) groups is 3. The van der Waals surface area contributed by atoms with Crippen molar-refractivity contribution in [2.75, 3.05) is 31.2 Å². The van der Waals surface area contributed by atoms with Crippen LogP contribution in [0.25, 0.3) is 0 Å². The minimum absolute atomic E-state index is 0.0612. The molecule has 180 valence electrons. The van der Waals surface area contributed by atoms with Gasteiger partial charge in [-0.3, -0.25) is 14.4 Å². The summed E-state index contributed by atoms with van der Waals surface area (Å²) in [4.78, 5) is 44.0. The van der Waals surface area contributed by atoms with Gasteiger partial charge in [0.2, 0.25) is 5.91 Å². The van der Waals surface area contributed by atoms with E-state index in [0.717, 1.165) is 5.56 Å². The number of aliphatic hydroxyl groups excluding tert-OH is 1. The predicted molar refractivity (Wildman–Crippen MR) is 124 cm³/mol. The van der Waals surface area contributed by atoms with Crippen molar-refractivity contribution in [2.45, 2.75) is 37.5 Å². The van der Waals surface area contributed by atoms with Gasteiger partial charge in [-0.15, -0.1) is 0 Å². The summed E-state index contributed by atoms with van der Waals surface area (Å²) in [6.45, 7) is 3.67. The van der Waals surface area contributed by atoms with Gasteiger partial charge in [0.1, 0.15) is 17.6 Å². The van der Waals surface area contributed by atoms with Gasteiger partial charge in [0.05, 0.1) is 35.4 Å². The van der Waals surface area contributed by atoms with E-state index in [1.165, 1.54) is 4.90 Å². The molecule has 2 saturated heterocycles. The highest BCUT2D eigenvalue weighted by molar-refractivity contribution is 6.34. The number of nitrogens with zero attached hydrogens (tertiary/aromatic N) is 2. The zero-order chi connectivity index (χ0) is 24.3. The van der Waals surface area contributed by atoms with Crippen molar-refractivity contribution in [3.63, 3.8) is 0 Å². The number of halogens is 1. The molecule has 34 heavy (non-hydrogen) atoms. The van der Waals surface area contributed by atoms with Gasteiger partial charge in [0.25, 0.3) is 5.91 Å². The minimum Gasteiger partial charge on any atom is -0.465 e. The first-order valence-electron chi connectivity index (χ1n) is 11.5. The monoisotopic (exact) mass is 486 g/mol. The fourth-order valence-corrected chi connectivity index (χ4v) is 6.32. The smallest absolute Gasteiger partial charge is 0.313 e. The number of para-hydroxylation sites is 1. The van der Waals surface area contributed by atoms with Gasteiger partial charge in [-0.1, -0.05) is 48.0 Å². The molecule has 4 heterocycles. The number of cyclic esters (lactones) is 1. The number of ether oxygens (including phenoxy) is 2. The summed E-state index contributed by atoms with van der Waals surface area (Å²) in [6.07, 6.45) is 7.77. The van der Waals surface area contributed by atoms with Crippen molar-refractivity contribution >= 4 is 35.1 Å². The Morgan fingerprint density at radius 3 is 2.68 bits per heavy atom. The van der Waals surface area contributed by atoms with Crippen LogP contribution in [0.3, 0.4) is 0 Å². The zero-order valence-electron chi connectivity index (χ0n) is 19.1. The SMILES string of the molecule is Cc1cccc(Cl)c1N1CC=C[C@]23O[C@]4(C)C=CCCOC(=O)[C@@H]4[C@H]2C(=O)N(CCO)C3C1=O. The molecule has 1 aromatic rings. The van der Waals surface area contributed by atoms with E-state index >= 15 is 0 Å². The third-order valence-corrected chi connectivity index (χ3v) is 7.62. The lowest BCUT2D eigenvalue weighted by atomic mass is 9.74. The van der Waals surface area contributed by atoms with Crippen LogP contribution >= 0.6 is 11.6 Å². The lowest BCUT2D eigenvalue weighted by Crippen LogP contribution is -2.56. The molecule has 0 bridgehead atoms. The first-order chi connectivity index (χ1) is 16.2. The maximum atomic E-state index is 14.2. The first-order valence-corrected chi connectivity index (χ1v) is 11.8. The molecule has 0 aromatic heterocycles. The van der Waals surface area contributed by atoms with Crippen LogP contribution in [0.15, 0.2) is 42.5 Å². The predicted octanol–water partition coefficient (Wildman–Crippen LogP) is 2.02. The van der Waals surface area contributed by atoms with Crippen molar-refractivity contribution in [3.8, 4) is 0 Å². The molecule has 4 aliphatic heterocycles. The average Bonchev–Trinajstić information content (AvgIpc) is 3.09. The van der Waals surface area contributed by atoms with Crippen molar-refractivity contribution in [2.24, 2.45) is 11.8 Å². The van der Waals surface area contributed by atoms with Gasteiger partial charge in [-0.2, -0.15) is 0 Å². The largest absolute Gasteiger partial charge is 0.465 e. The lowest BCUT2D eigenvalue weighted by Gasteiger charge is -2.37. The summed E-state index contributed by atoms with van der Waals surface area (Å²) in [6, 6.07) is 4.31. The van der Waals surface area contributed by atoms with Crippen molar-refractivity contribution in [1.82, 2.24) is 4.90 Å². The van der Waals surface area contributed by atoms with Crippen LogP contribution in [-0.2, 0) is 23.9 Å². The second-order valence-electron chi connectivity index (χ2n) is 9.37. The number of hydrogen-bond donors (Lipinski definition) is 1. The van der Waals surface area contributed by atoms with Crippen molar-refractivity contribution in [1.29, 1.82) is 0 Å². The Bertz CT molecular complexity index is 1100. The number of fused-ring (bicyclic) bond motifs is 2. The molecule has 1 unspecified atom stereocenters. The van der Waals surface area contributed by atoms with Crippen LogP contribution in [0.2, 0.25) is 5.02 Å². The summed E-state index contributed by atoms with van der Waals surface area (Å²) in [5.41, 5.74) is -1.14. The number of esters is 1. The van der Waals surface area contributed by atoms with Gasteiger partial charge in [0, 0.05) is 13.1 Å². The van der Waals surface area contributed by atoms with E-state index < -0.39 is 41.0 Å². The van der Waals surface area contributed by atoms with Crippen LogP contribution in [0, 0.1) is 18.8 Å². The van der Waals surface area contributed by atoms with Gasteiger partial charge in [0.15, 0.2) is 0 Å². The summed E-state index contributed by atoms with van der Waals surface area (Å²) in [5, 5.41) is 10.2. The second-order valence-corrected chi connectivity index (χ2v) is 9.77. The Morgan fingerprint density at radius 1 is 1.15 bits per heavy atom. The average molecular weight is 487 g/mol. The van der Waals surface area contributed by atoms with Crippen molar-refractivity contribution < 1.29 is 29.0 Å². The molecule has 5 rings (SSSR count). The van der Waals surface area contributed by atoms with E-state index in [-0.39, 0.29) is 32.2 Å². The molecular weight excluding hydrogens is 460 g/mol. The Balaban J connectivity index is 1.67. The Kier molecular flexibility index (Phi) is 5.58. The molecule has 1 aromatic carbocycles. The quantitative estimate of drug-likeness (QED) is 0.518. The maximum absolute atomic E-state index is 14.2. The lowest BCUT2D eigenvalue weighted by molar-refractivity contribution is -0.159. The Morgan fingerprint density at radius 2 is 1.94 bits per heavy atom. The summed E-state index contributed by atoms with van der Waals surface area (Å²) < 4.78 is 12.1. The third-order valence-electron chi connectivity index (χ3n) is 7.32. The van der Waals surface area contributed by atoms with E-state index in [4.69, 9.17) is 21.1 Å². The summed E-state index contributed by atoms with van der Waals surface area (Å²) >= 11 is 6.50. The van der Waals surface area contributed by atoms with Crippen LogP contribution < -0.4 is 4.90 Å². The maximum Gasteiger partial charge on any atom is 0.313 e. The van der Waals surface area contributed by atoms with E-state index in [0.29, 0.717) is 17.1 Å². The minimum atomic E-state index is -1.39. The van der Waals surface area contributed by atoms with E-state index in [1.54, 1.807) is 30.0 Å². The van der Waals surface area contributed by atoms with E-state index in [9.17, 15) is 19.5 Å². The van der Waals surface area contributed by atoms with Gasteiger partial charge in [-0.05, 0) is 31.9 Å². The third kappa shape index (κ3) is 3.16. The second kappa shape index (κ2) is 8.22. The highest BCUT2D eigenvalue weighted by Gasteiger charge is 2.74. The molecule has 4 aliphatic rings. The summed E-state index contributed by atoms with van der Waals surface area (Å²) in [5.74, 6) is -3.18. The molecule has 0 radical (unpaired) electrons. The highest BCUT2D eigenvalue weighted by Crippen LogP contribution is 2.57. The number of aryl methyl sites for hydroxylation is 1. The Hall–Kier alpha value is -2.68. The molecule has 0 aliphatic carbocycles. The molecule has 5 atom stereocenters. The number of likely N-dealkylation sites (tertiary alicyclic amines) is 1. The number of aliphatic hydroxyl groups is 1. The first kappa shape index (κ1) is 23.1. The number of anilines is 1. The molecule has 1 N–H and O–H groups in total. The van der Waals surface area contributed by atoms with Crippen LogP contribution in [0.1, 0.15) is 18.9 Å². The summed E-state index contributed by atoms with van der Waals surface area (Å²) in [7, 11) is 0. The number of rotatable bonds is 3. The molecule has 9 heteroatoms. The van der Waals surface area contributed by atoms with Gasteiger partial charge >= 0.3 is 5.97 Å². The number of carbonyl (C=O) groups excluding carboxylic acids is 3. The number of β-amino-alcohol motifs (C(OH)–C–C–N with tert-alkyl or cyclic N) is 1. The molecule has 1 spiro atoms. The fourth-order valence-electron chi connectivity index (χ4n) is 6.00. The number of hydrogen-bond acceptors (Lipinski definition) is 6. The molecular formula is C25H27ClN2O6.